The number of aliphatic hydroxyl groups excluding tert-OH is 2. The van der Waals surface area contributed by atoms with Gasteiger partial charge >= 0.3 is 5.97 Å². The molecule has 3 N–H and O–H groups in total. The highest BCUT2D eigenvalue weighted by molar-refractivity contribution is 5.76. The van der Waals surface area contributed by atoms with Crippen molar-refractivity contribution < 1.29 is 24.5 Å². The van der Waals surface area contributed by atoms with E-state index in [9.17, 15) is 19.8 Å². The van der Waals surface area contributed by atoms with Crippen LogP contribution in [-0.4, -0.2) is 47.4 Å². The molecule has 0 aliphatic carbocycles. The van der Waals surface area contributed by atoms with Gasteiger partial charge in [0.2, 0.25) is 5.91 Å². The second kappa shape index (κ2) is 63.1. The number of hydrogen-bond acceptors (Lipinski definition) is 5. The van der Waals surface area contributed by atoms with Gasteiger partial charge in [0.05, 0.1) is 25.4 Å². The van der Waals surface area contributed by atoms with Crippen LogP contribution >= 0.6 is 0 Å². The minimum Gasteiger partial charge on any atom is -0.466 e. The molecule has 74 heavy (non-hydrogen) atoms. The van der Waals surface area contributed by atoms with E-state index in [2.05, 4.69) is 67.8 Å². The number of ether oxygens (including phenoxy) is 1. The molecule has 2 unspecified atom stereocenters. The fourth-order valence-electron chi connectivity index (χ4n) is 9.75. The predicted octanol–water partition coefficient (Wildman–Crippen LogP) is 20.7. The van der Waals surface area contributed by atoms with Gasteiger partial charge in [0, 0.05) is 12.8 Å². The normalized spacial score (nSPS) is 13.0. The maximum atomic E-state index is 12.5. The van der Waals surface area contributed by atoms with Crippen LogP contribution < -0.4 is 5.32 Å². The molecule has 0 fully saturated rings. The summed E-state index contributed by atoms with van der Waals surface area (Å²) >= 11 is 0. The summed E-state index contributed by atoms with van der Waals surface area (Å²) in [5.41, 5.74) is 0. The fraction of sp³-hybridized carbons (Fsp3) is 0.824. The van der Waals surface area contributed by atoms with Crippen molar-refractivity contribution in [1.82, 2.24) is 5.32 Å². The number of esters is 1. The Morgan fingerprint density at radius 3 is 1.04 bits per heavy atom. The number of amides is 1. The van der Waals surface area contributed by atoms with Crippen LogP contribution in [0, 0.1) is 0 Å². The van der Waals surface area contributed by atoms with Gasteiger partial charge in [0.15, 0.2) is 0 Å². The molecule has 0 aromatic rings. The molecule has 0 bridgehead atoms. The molecule has 0 saturated carbocycles. The van der Waals surface area contributed by atoms with E-state index >= 15 is 0 Å². The number of allylic oxidation sites excluding steroid dienone is 9. The van der Waals surface area contributed by atoms with Crippen LogP contribution in [0.1, 0.15) is 335 Å². The first-order valence-corrected chi connectivity index (χ1v) is 32.6. The third kappa shape index (κ3) is 58.8. The molecule has 0 aromatic heterocycles. The first-order chi connectivity index (χ1) is 36.5. The molecular weight excluding hydrogens is 911 g/mol. The van der Waals surface area contributed by atoms with Crippen molar-refractivity contribution in [3.8, 4) is 0 Å². The highest BCUT2D eigenvalue weighted by Gasteiger charge is 2.18. The van der Waals surface area contributed by atoms with Gasteiger partial charge in [0.1, 0.15) is 0 Å². The van der Waals surface area contributed by atoms with Gasteiger partial charge < -0.3 is 20.3 Å². The third-order valence-corrected chi connectivity index (χ3v) is 14.8. The Morgan fingerprint density at radius 2 is 0.676 bits per heavy atom. The highest BCUT2D eigenvalue weighted by atomic mass is 16.5. The van der Waals surface area contributed by atoms with E-state index in [0.717, 1.165) is 57.8 Å². The Balaban J connectivity index is 3.45. The molecule has 6 heteroatoms. The minimum absolute atomic E-state index is 0.000783. The van der Waals surface area contributed by atoms with Crippen LogP contribution in [0.5, 0.6) is 0 Å². The van der Waals surface area contributed by atoms with Crippen molar-refractivity contribution >= 4 is 11.9 Å². The molecule has 2 atom stereocenters. The van der Waals surface area contributed by atoms with Crippen molar-refractivity contribution in [3.63, 3.8) is 0 Å². The van der Waals surface area contributed by atoms with Crippen LogP contribution in [0.2, 0.25) is 0 Å². The zero-order valence-electron chi connectivity index (χ0n) is 49.3. The summed E-state index contributed by atoms with van der Waals surface area (Å²) in [6.45, 7) is 4.88. The van der Waals surface area contributed by atoms with E-state index < -0.39 is 12.1 Å². The number of aliphatic hydroxyl groups is 2. The number of carbonyl (C=O) groups is 2. The molecule has 0 heterocycles. The maximum Gasteiger partial charge on any atom is 0.305 e. The van der Waals surface area contributed by atoms with Crippen molar-refractivity contribution in [2.24, 2.45) is 0 Å². The molecular formula is C68H125NO5. The summed E-state index contributed by atoms with van der Waals surface area (Å²) in [5, 5.41) is 23.1. The van der Waals surface area contributed by atoms with Gasteiger partial charge in [-0.2, -0.15) is 0 Å². The zero-order chi connectivity index (χ0) is 53.6. The van der Waals surface area contributed by atoms with Gasteiger partial charge in [0.25, 0.3) is 0 Å². The van der Waals surface area contributed by atoms with Crippen LogP contribution in [0.15, 0.2) is 60.8 Å². The number of nitrogens with one attached hydrogen (secondary N) is 1. The first kappa shape index (κ1) is 71.6. The summed E-state index contributed by atoms with van der Waals surface area (Å²) in [6, 6.07) is -0.633. The summed E-state index contributed by atoms with van der Waals surface area (Å²) < 4.78 is 5.49. The molecule has 0 aliphatic rings. The quantitative estimate of drug-likeness (QED) is 0.0320. The van der Waals surface area contributed by atoms with E-state index in [1.807, 2.05) is 6.08 Å². The van der Waals surface area contributed by atoms with Crippen molar-refractivity contribution in [1.29, 1.82) is 0 Å². The smallest absolute Gasteiger partial charge is 0.305 e. The predicted molar refractivity (Wildman–Crippen MR) is 324 cm³/mol. The maximum absolute atomic E-state index is 12.5. The van der Waals surface area contributed by atoms with Gasteiger partial charge in [-0.25, -0.2) is 0 Å². The number of unbranched alkanes of at least 4 members (excludes halogenated alkanes) is 41. The lowest BCUT2D eigenvalue weighted by Gasteiger charge is -2.20. The topological polar surface area (TPSA) is 95.9 Å². The van der Waals surface area contributed by atoms with Crippen molar-refractivity contribution in [2.45, 2.75) is 347 Å². The molecule has 6 nitrogen and oxygen atoms in total. The summed E-state index contributed by atoms with van der Waals surface area (Å²) in [5.74, 6) is -0.0734. The van der Waals surface area contributed by atoms with Crippen LogP contribution in [0.4, 0.5) is 0 Å². The average molecular weight is 1040 g/mol. The largest absolute Gasteiger partial charge is 0.466 e. The molecule has 0 spiro atoms. The Bertz CT molecular complexity index is 1290. The molecule has 0 rings (SSSR count). The van der Waals surface area contributed by atoms with Gasteiger partial charge in [-0.15, -0.1) is 0 Å². The van der Waals surface area contributed by atoms with E-state index in [0.29, 0.717) is 19.4 Å². The van der Waals surface area contributed by atoms with E-state index in [4.69, 9.17) is 4.74 Å². The van der Waals surface area contributed by atoms with E-state index in [1.54, 1.807) is 6.08 Å². The number of hydrogen-bond donors (Lipinski definition) is 3. The van der Waals surface area contributed by atoms with Gasteiger partial charge in [-0.1, -0.05) is 286 Å². The Kier molecular flexibility index (Phi) is 61.0. The van der Waals surface area contributed by atoms with Gasteiger partial charge in [-0.05, 0) is 96.3 Å². The summed E-state index contributed by atoms with van der Waals surface area (Å²) in [6.07, 6.45) is 82.7. The molecule has 432 valence electrons. The Morgan fingerprint density at radius 1 is 0.378 bits per heavy atom. The first-order valence-electron chi connectivity index (χ1n) is 32.6. The zero-order valence-corrected chi connectivity index (χ0v) is 49.3. The molecule has 1 amide bonds. The summed E-state index contributed by atoms with van der Waals surface area (Å²) in [7, 11) is 0. The lowest BCUT2D eigenvalue weighted by atomic mass is 10.0. The van der Waals surface area contributed by atoms with Gasteiger partial charge in [-0.3, -0.25) is 9.59 Å². The molecule has 0 saturated heterocycles. The van der Waals surface area contributed by atoms with Crippen molar-refractivity contribution in [3.05, 3.63) is 60.8 Å². The summed E-state index contributed by atoms with van der Waals surface area (Å²) in [4.78, 5) is 24.5. The fourth-order valence-corrected chi connectivity index (χ4v) is 9.75. The monoisotopic (exact) mass is 1040 g/mol. The molecule has 0 radical (unpaired) electrons. The van der Waals surface area contributed by atoms with Crippen molar-refractivity contribution in [2.75, 3.05) is 13.2 Å². The van der Waals surface area contributed by atoms with E-state index in [1.165, 1.54) is 250 Å². The number of carbonyl (C=O) groups excluding carboxylic acids is 2. The third-order valence-electron chi connectivity index (χ3n) is 14.8. The Labute approximate surface area is 460 Å². The second-order valence-electron chi connectivity index (χ2n) is 22.1. The average Bonchev–Trinajstić information content (AvgIpc) is 3.40. The second-order valence-corrected chi connectivity index (χ2v) is 22.1. The van der Waals surface area contributed by atoms with Crippen LogP contribution in [0.25, 0.3) is 0 Å². The van der Waals surface area contributed by atoms with E-state index in [-0.39, 0.29) is 18.5 Å². The standard InChI is InChI=1S/C68H125NO5/c1-3-5-7-9-11-13-15-17-19-20-31-34-38-42-46-50-54-58-62-68(73)74-63-59-55-51-47-43-39-35-32-29-27-25-23-21-22-24-26-28-30-33-37-41-45-49-53-57-61-67(72)69-65(64-70)66(71)60-56-52-48-44-40-36-18-16-14-12-10-8-6-4-2/h13,15,19-20,22-25,56,60,65-66,70-71H,3-12,14,16-18,21,26-55,57-59,61-64H2,1-2H3,(H,69,72)/b15-13-,20-19-,24-22-,25-23-,60-56+. The lowest BCUT2D eigenvalue weighted by molar-refractivity contribution is -0.143. The van der Waals surface area contributed by atoms with Crippen LogP contribution in [-0.2, 0) is 14.3 Å². The Hall–Kier alpha value is -2.44. The highest BCUT2D eigenvalue weighted by Crippen LogP contribution is 2.16. The van der Waals surface area contributed by atoms with Crippen LogP contribution in [0.3, 0.4) is 0 Å². The molecule has 0 aromatic carbocycles. The minimum atomic E-state index is -0.849. The lowest BCUT2D eigenvalue weighted by Crippen LogP contribution is -2.45. The SMILES string of the molecule is CCCCCC/C=C\C/C=C\CCCCCCCCCC(=O)OCCCCCCCCCCC/C=C\C/C=C\CCCCCCCCCCCC(=O)NC(CO)C(O)/C=C/CCCCCCCCCCCCCC. The number of rotatable bonds is 60. The molecule has 0 aliphatic heterocycles.